The van der Waals surface area contributed by atoms with Crippen molar-refractivity contribution in [2.45, 2.75) is 44.8 Å². The molecule has 180 valence electrons. The number of hydrogen-bond donors (Lipinski definition) is 3. The molecule has 1 aliphatic heterocycles. The minimum absolute atomic E-state index is 0.145. The van der Waals surface area contributed by atoms with Gasteiger partial charge in [-0.2, -0.15) is 0 Å². The van der Waals surface area contributed by atoms with Gasteiger partial charge in [-0.15, -0.1) is 0 Å². The number of aromatic hydroxyl groups is 1. The predicted octanol–water partition coefficient (Wildman–Crippen LogP) is 4.01. The molecule has 3 N–H and O–H groups in total. The Balaban J connectivity index is 1.81. The van der Waals surface area contributed by atoms with Crippen molar-refractivity contribution < 1.29 is 29.3 Å². The van der Waals surface area contributed by atoms with Crippen molar-refractivity contribution in [1.82, 2.24) is 0 Å². The number of hydrogen-bond acceptors (Lipinski definition) is 6. The van der Waals surface area contributed by atoms with Crippen LogP contribution in [0.2, 0.25) is 0 Å². The molecule has 1 saturated carbocycles. The third-order valence-corrected chi connectivity index (χ3v) is 7.26. The molecule has 1 amide bonds. The molecule has 2 aromatic carbocycles. The first-order chi connectivity index (χ1) is 16.1. The van der Waals surface area contributed by atoms with Gasteiger partial charge in [-0.25, -0.2) is 0 Å². The highest BCUT2D eigenvalue weighted by Gasteiger charge is 2.51. The van der Waals surface area contributed by atoms with E-state index in [9.17, 15) is 19.8 Å². The number of benzene rings is 2. The van der Waals surface area contributed by atoms with E-state index < -0.39 is 17.6 Å². The van der Waals surface area contributed by atoms with E-state index in [-0.39, 0.29) is 22.1 Å². The van der Waals surface area contributed by atoms with E-state index in [1.165, 1.54) is 14.2 Å². The van der Waals surface area contributed by atoms with E-state index >= 15 is 0 Å². The van der Waals surface area contributed by atoms with Crippen LogP contribution in [0, 0.1) is 10.8 Å². The summed E-state index contributed by atoms with van der Waals surface area (Å²) < 4.78 is 10.6. The van der Waals surface area contributed by atoms with E-state index in [4.69, 9.17) is 9.47 Å². The van der Waals surface area contributed by atoms with Crippen LogP contribution in [0.5, 0.6) is 11.5 Å². The number of nitrogens with one attached hydrogen (secondary N) is 1. The summed E-state index contributed by atoms with van der Waals surface area (Å²) in [6.45, 7) is 4.07. The van der Waals surface area contributed by atoms with Crippen LogP contribution in [-0.4, -0.2) is 42.7 Å². The summed E-state index contributed by atoms with van der Waals surface area (Å²) >= 11 is 0. The number of phenolic OH excluding ortho intramolecular Hbond substituents is 1. The lowest BCUT2D eigenvalue weighted by Gasteiger charge is -2.40. The first-order valence-electron chi connectivity index (χ1n) is 11.3. The van der Waals surface area contributed by atoms with Crippen LogP contribution < -0.4 is 10.1 Å². The van der Waals surface area contributed by atoms with Crippen LogP contribution in [0.1, 0.15) is 49.8 Å². The molecule has 1 fully saturated rings. The number of aldehydes is 1. The average molecular weight is 466 g/mol. The lowest BCUT2D eigenvalue weighted by molar-refractivity contribution is -0.142. The van der Waals surface area contributed by atoms with Crippen molar-refractivity contribution in [3.63, 3.8) is 0 Å². The zero-order valence-electron chi connectivity index (χ0n) is 19.9. The number of carbonyl (C=O) groups excluding carboxylic acids is 2. The van der Waals surface area contributed by atoms with Crippen LogP contribution in [0.4, 0.5) is 5.69 Å². The number of allylic oxidation sites excluding steroid dienone is 1. The monoisotopic (exact) mass is 465 g/mol. The van der Waals surface area contributed by atoms with Gasteiger partial charge in [0.25, 0.3) is 5.91 Å². The van der Waals surface area contributed by atoms with Crippen LogP contribution in [-0.2, 0) is 19.9 Å². The Hall–Kier alpha value is -3.16. The van der Waals surface area contributed by atoms with E-state index in [1.807, 2.05) is 19.1 Å². The number of amides is 1. The number of aliphatic hydroxyl groups is 1. The molecule has 2 aromatic rings. The van der Waals surface area contributed by atoms with Crippen molar-refractivity contribution in [2.24, 2.45) is 10.8 Å². The second kappa shape index (κ2) is 8.56. The Labute approximate surface area is 199 Å². The van der Waals surface area contributed by atoms with Crippen molar-refractivity contribution in [2.75, 3.05) is 19.5 Å². The van der Waals surface area contributed by atoms with Crippen molar-refractivity contribution in [3.8, 4) is 11.5 Å². The molecule has 2 aliphatic rings. The topological polar surface area (TPSA) is 105 Å². The molecule has 7 nitrogen and oxygen atoms in total. The minimum atomic E-state index is -1.93. The molecule has 4 atom stereocenters. The largest absolute Gasteiger partial charge is 0.507 e. The zero-order valence-corrected chi connectivity index (χ0v) is 19.9. The minimum Gasteiger partial charge on any atom is -0.507 e. The molecule has 4 unspecified atom stereocenters. The summed E-state index contributed by atoms with van der Waals surface area (Å²) in [6, 6.07) is 10.0. The first-order valence-corrected chi connectivity index (χ1v) is 11.3. The van der Waals surface area contributed by atoms with Gasteiger partial charge in [0.1, 0.15) is 17.8 Å². The summed E-state index contributed by atoms with van der Waals surface area (Å²) in [5.74, 6) is -0.0636. The smallest absolute Gasteiger partial charge is 0.257 e. The Morgan fingerprint density at radius 2 is 1.74 bits per heavy atom. The number of ether oxygens (including phenoxy) is 2. The van der Waals surface area contributed by atoms with E-state index in [0.29, 0.717) is 22.6 Å². The molecule has 1 aliphatic carbocycles. The molecule has 0 bridgehead atoms. The quantitative estimate of drug-likeness (QED) is 0.557. The van der Waals surface area contributed by atoms with Gasteiger partial charge in [-0.3, -0.25) is 4.79 Å². The van der Waals surface area contributed by atoms with Crippen LogP contribution in [0.25, 0.3) is 6.08 Å². The van der Waals surface area contributed by atoms with Gasteiger partial charge in [-0.1, -0.05) is 38.1 Å². The molecule has 0 radical (unpaired) electrons. The SMILES string of the molecule is COc1ccc(C2(O)c3c(ccc(/C=C/C4(C)CCC(C)(C=O)C4)c3O)NC(=O)C2OC)cc1. The van der Waals surface area contributed by atoms with Gasteiger partial charge in [0, 0.05) is 18.1 Å². The summed E-state index contributed by atoms with van der Waals surface area (Å²) in [6.07, 6.45) is 5.99. The fraction of sp³-hybridized carbons (Fsp3) is 0.407. The lowest BCUT2D eigenvalue weighted by atomic mass is 9.76. The van der Waals surface area contributed by atoms with Crippen molar-refractivity contribution in [1.29, 1.82) is 0 Å². The predicted molar refractivity (Wildman–Crippen MR) is 129 cm³/mol. The molecule has 1 heterocycles. The fourth-order valence-electron chi connectivity index (χ4n) is 5.37. The van der Waals surface area contributed by atoms with Crippen LogP contribution >= 0.6 is 0 Å². The van der Waals surface area contributed by atoms with Gasteiger partial charge in [0.05, 0.1) is 18.4 Å². The standard InChI is InChI=1S/C27H31NO6/c1-25(13-14-26(2,15-25)16-29)12-11-17-5-10-20-21(22(17)30)27(32,23(34-4)24(31)28-20)18-6-8-19(33-3)9-7-18/h5-12,16,23,30,32H,13-15H2,1-4H3,(H,28,31)/b12-11+. The first kappa shape index (κ1) is 24.0. The molecule has 4 rings (SSSR count). The summed E-state index contributed by atoms with van der Waals surface area (Å²) in [7, 11) is 2.88. The Bertz CT molecular complexity index is 1140. The van der Waals surface area contributed by atoms with Gasteiger partial charge in [0.2, 0.25) is 0 Å². The molecule has 34 heavy (non-hydrogen) atoms. The maximum absolute atomic E-state index is 12.8. The van der Waals surface area contributed by atoms with Crippen molar-refractivity contribution in [3.05, 3.63) is 59.2 Å². The third-order valence-electron chi connectivity index (χ3n) is 7.26. The van der Waals surface area contributed by atoms with Gasteiger partial charge >= 0.3 is 0 Å². The highest BCUT2D eigenvalue weighted by molar-refractivity contribution is 6.00. The Morgan fingerprint density at radius 3 is 2.32 bits per heavy atom. The van der Waals surface area contributed by atoms with E-state index in [1.54, 1.807) is 36.4 Å². The average Bonchev–Trinajstić information content (AvgIpc) is 3.14. The van der Waals surface area contributed by atoms with Crippen molar-refractivity contribution >= 4 is 24.0 Å². The maximum atomic E-state index is 12.8. The molecular formula is C27H31NO6. The molecule has 7 heteroatoms. The Morgan fingerprint density at radius 1 is 1.06 bits per heavy atom. The highest BCUT2D eigenvalue weighted by atomic mass is 16.5. The second-order valence-electron chi connectivity index (χ2n) is 9.96. The lowest BCUT2D eigenvalue weighted by Crippen LogP contribution is -2.52. The summed E-state index contributed by atoms with van der Waals surface area (Å²) in [5, 5.41) is 26.0. The van der Waals surface area contributed by atoms with Crippen LogP contribution in [0.3, 0.4) is 0 Å². The maximum Gasteiger partial charge on any atom is 0.257 e. The van der Waals surface area contributed by atoms with E-state index in [0.717, 1.165) is 25.5 Å². The second-order valence-corrected chi connectivity index (χ2v) is 9.96. The van der Waals surface area contributed by atoms with Gasteiger partial charge < -0.3 is 29.8 Å². The molecule has 0 aromatic heterocycles. The normalized spacial score (nSPS) is 30.7. The van der Waals surface area contributed by atoms with E-state index in [2.05, 4.69) is 12.2 Å². The molecule has 0 spiro atoms. The number of rotatable bonds is 6. The molecule has 0 saturated heterocycles. The fourth-order valence-corrected chi connectivity index (χ4v) is 5.37. The summed E-state index contributed by atoms with van der Waals surface area (Å²) in [5.41, 5.74) is -1.10. The molecular weight excluding hydrogens is 434 g/mol. The summed E-state index contributed by atoms with van der Waals surface area (Å²) in [4.78, 5) is 24.3. The Kier molecular flexibility index (Phi) is 6.04. The third kappa shape index (κ3) is 3.89. The number of fused-ring (bicyclic) bond motifs is 1. The number of carbonyl (C=O) groups is 2. The van der Waals surface area contributed by atoms with Gasteiger partial charge in [-0.05, 0) is 54.5 Å². The highest BCUT2D eigenvalue weighted by Crippen LogP contribution is 2.51. The number of anilines is 1. The van der Waals surface area contributed by atoms with Crippen LogP contribution in [0.15, 0.2) is 42.5 Å². The van der Waals surface area contributed by atoms with Gasteiger partial charge in [0.15, 0.2) is 11.7 Å². The number of phenols is 1. The zero-order chi connectivity index (χ0) is 24.7. The number of methoxy groups -OCH3 is 2.